The summed E-state index contributed by atoms with van der Waals surface area (Å²) in [7, 11) is 0. The summed E-state index contributed by atoms with van der Waals surface area (Å²) in [6, 6.07) is 5.93. The van der Waals surface area contributed by atoms with Gasteiger partial charge in [0.15, 0.2) is 0 Å². The Bertz CT molecular complexity index is 573. The number of carbonyl (C=O) groups excluding carboxylic acids is 1. The number of hydrogen-bond acceptors (Lipinski definition) is 4. The number of nitrogens with one attached hydrogen (secondary N) is 1. The molecule has 0 aliphatic heterocycles. The maximum absolute atomic E-state index is 12.1. The van der Waals surface area contributed by atoms with Gasteiger partial charge < -0.3 is 5.32 Å². The van der Waals surface area contributed by atoms with Crippen molar-refractivity contribution in [3.8, 4) is 6.07 Å². The van der Waals surface area contributed by atoms with Crippen molar-refractivity contribution < 1.29 is 9.72 Å². The van der Waals surface area contributed by atoms with E-state index in [4.69, 9.17) is 5.26 Å². The number of carbonyl (C=O) groups is 1. The Kier molecular flexibility index (Phi) is 3.47. The van der Waals surface area contributed by atoms with E-state index in [0.29, 0.717) is 5.56 Å². The van der Waals surface area contributed by atoms with Crippen molar-refractivity contribution in [3.63, 3.8) is 0 Å². The van der Waals surface area contributed by atoms with E-state index in [2.05, 4.69) is 5.32 Å². The molecule has 98 valence electrons. The van der Waals surface area contributed by atoms with E-state index in [9.17, 15) is 14.9 Å². The van der Waals surface area contributed by atoms with E-state index < -0.39 is 16.9 Å². The minimum absolute atomic E-state index is 0.0356. The average molecular weight is 259 g/mol. The zero-order valence-corrected chi connectivity index (χ0v) is 10.4. The predicted octanol–water partition coefficient (Wildman–Crippen LogP) is 1.94. The largest absolute Gasteiger partial charge is 0.336 e. The monoisotopic (exact) mass is 259 g/mol. The Labute approximate surface area is 110 Å². The van der Waals surface area contributed by atoms with Crippen molar-refractivity contribution in [3.05, 3.63) is 39.4 Å². The van der Waals surface area contributed by atoms with Gasteiger partial charge in [-0.1, -0.05) is 12.1 Å². The standard InChI is InChI=1S/C13H13N3O3/c1-8-3-2-4-11(16(18)19)12(8)13(17)15-10(7-14)9-5-6-9/h2-4,9-10H,5-6H2,1H3,(H,15,17). The molecule has 6 heteroatoms. The normalized spacial score (nSPS) is 15.4. The van der Waals surface area contributed by atoms with Crippen LogP contribution in [-0.4, -0.2) is 16.9 Å². The third kappa shape index (κ3) is 2.71. The van der Waals surface area contributed by atoms with Gasteiger partial charge in [-0.15, -0.1) is 0 Å². The molecule has 1 fully saturated rings. The number of aryl methyl sites for hydroxylation is 1. The number of nitriles is 1. The van der Waals surface area contributed by atoms with Crippen molar-refractivity contribution in [1.29, 1.82) is 5.26 Å². The van der Waals surface area contributed by atoms with Crippen molar-refractivity contribution >= 4 is 11.6 Å². The van der Waals surface area contributed by atoms with Crippen LogP contribution in [0.2, 0.25) is 0 Å². The summed E-state index contributed by atoms with van der Waals surface area (Å²) in [4.78, 5) is 22.5. The summed E-state index contributed by atoms with van der Waals surface area (Å²) >= 11 is 0. The Balaban J connectivity index is 2.28. The second-order valence-corrected chi connectivity index (χ2v) is 4.64. The second kappa shape index (κ2) is 5.06. The molecule has 1 saturated carbocycles. The number of nitrogens with zero attached hydrogens (tertiary/aromatic N) is 2. The molecule has 1 aliphatic carbocycles. The maximum Gasteiger partial charge on any atom is 0.282 e. The molecule has 0 bridgehead atoms. The van der Waals surface area contributed by atoms with Crippen LogP contribution >= 0.6 is 0 Å². The molecule has 0 spiro atoms. The lowest BCUT2D eigenvalue weighted by Gasteiger charge is -2.12. The highest BCUT2D eigenvalue weighted by molar-refractivity contribution is 5.99. The molecule has 1 aliphatic rings. The Morgan fingerprint density at radius 2 is 2.26 bits per heavy atom. The molecule has 19 heavy (non-hydrogen) atoms. The van der Waals surface area contributed by atoms with Crippen molar-refractivity contribution in [2.75, 3.05) is 0 Å². The van der Waals surface area contributed by atoms with Gasteiger partial charge in [-0.2, -0.15) is 5.26 Å². The van der Waals surface area contributed by atoms with Gasteiger partial charge in [-0.3, -0.25) is 14.9 Å². The van der Waals surface area contributed by atoms with Crippen LogP contribution in [0.1, 0.15) is 28.8 Å². The minimum atomic E-state index is -0.583. The summed E-state index contributed by atoms with van der Waals surface area (Å²) in [5, 5.41) is 22.5. The summed E-state index contributed by atoms with van der Waals surface area (Å²) in [6.07, 6.45) is 1.82. The molecule has 0 aromatic heterocycles. The lowest BCUT2D eigenvalue weighted by Crippen LogP contribution is -2.36. The molecule has 1 unspecified atom stereocenters. The summed E-state index contributed by atoms with van der Waals surface area (Å²) in [5.41, 5.74) is 0.331. The van der Waals surface area contributed by atoms with Gasteiger partial charge in [0, 0.05) is 6.07 Å². The summed E-state index contributed by atoms with van der Waals surface area (Å²) < 4.78 is 0. The number of nitro groups is 1. The number of rotatable bonds is 4. The molecule has 1 aromatic rings. The van der Waals surface area contributed by atoms with Crippen LogP contribution in [-0.2, 0) is 0 Å². The van der Waals surface area contributed by atoms with Gasteiger partial charge in [0.2, 0.25) is 0 Å². The van der Waals surface area contributed by atoms with E-state index in [-0.39, 0.29) is 17.2 Å². The van der Waals surface area contributed by atoms with Crippen molar-refractivity contribution in [1.82, 2.24) is 5.32 Å². The lowest BCUT2D eigenvalue weighted by molar-refractivity contribution is -0.385. The molecule has 0 saturated heterocycles. The fourth-order valence-corrected chi connectivity index (χ4v) is 2.00. The highest BCUT2D eigenvalue weighted by atomic mass is 16.6. The number of amides is 1. The number of nitro benzene ring substituents is 1. The van der Waals surface area contributed by atoms with Crippen molar-refractivity contribution in [2.24, 2.45) is 5.92 Å². The third-order valence-electron chi connectivity index (χ3n) is 3.19. The smallest absolute Gasteiger partial charge is 0.282 e. The third-order valence-corrected chi connectivity index (χ3v) is 3.19. The molecule has 0 heterocycles. The number of hydrogen-bond donors (Lipinski definition) is 1. The molecule has 0 radical (unpaired) electrons. The van der Waals surface area contributed by atoms with E-state index in [1.54, 1.807) is 13.0 Å². The van der Waals surface area contributed by atoms with Crippen LogP contribution in [0.25, 0.3) is 0 Å². The van der Waals surface area contributed by atoms with Gasteiger partial charge in [-0.05, 0) is 31.2 Å². The molecule has 2 rings (SSSR count). The topological polar surface area (TPSA) is 96.0 Å². The average Bonchev–Trinajstić information content (AvgIpc) is 3.19. The van der Waals surface area contributed by atoms with E-state index in [1.807, 2.05) is 6.07 Å². The highest BCUT2D eigenvalue weighted by Gasteiger charge is 2.34. The van der Waals surface area contributed by atoms with Gasteiger partial charge in [0.25, 0.3) is 11.6 Å². The van der Waals surface area contributed by atoms with E-state index in [0.717, 1.165) is 12.8 Å². The lowest BCUT2D eigenvalue weighted by atomic mass is 10.0. The SMILES string of the molecule is Cc1cccc([N+](=O)[O-])c1C(=O)NC(C#N)C1CC1. The fourth-order valence-electron chi connectivity index (χ4n) is 2.00. The molecule has 6 nitrogen and oxygen atoms in total. The van der Waals surface area contributed by atoms with E-state index in [1.165, 1.54) is 12.1 Å². The van der Waals surface area contributed by atoms with Crippen LogP contribution in [0.3, 0.4) is 0 Å². The Morgan fingerprint density at radius 3 is 2.79 bits per heavy atom. The Morgan fingerprint density at radius 1 is 1.58 bits per heavy atom. The first-order valence-electron chi connectivity index (χ1n) is 5.99. The molecular formula is C13H13N3O3. The fraction of sp³-hybridized carbons (Fsp3) is 0.385. The van der Waals surface area contributed by atoms with Gasteiger partial charge in [0.05, 0.1) is 11.0 Å². The first kappa shape index (κ1) is 13.0. The molecule has 1 atom stereocenters. The molecule has 1 aromatic carbocycles. The van der Waals surface area contributed by atoms with E-state index >= 15 is 0 Å². The van der Waals surface area contributed by atoms with Crippen LogP contribution in [0, 0.1) is 34.3 Å². The molecule has 1 N–H and O–H groups in total. The van der Waals surface area contributed by atoms with Gasteiger partial charge in [0.1, 0.15) is 11.6 Å². The minimum Gasteiger partial charge on any atom is -0.336 e. The highest BCUT2D eigenvalue weighted by Crippen LogP contribution is 2.32. The summed E-state index contributed by atoms with van der Waals surface area (Å²) in [5.74, 6) is -0.375. The van der Waals surface area contributed by atoms with Gasteiger partial charge >= 0.3 is 0 Å². The van der Waals surface area contributed by atoms with Crippen LogP contribution in [0.4, 0.5) is 5.69 Å². The maximum atomic E-state index is 12.1. The van der Waals surface area contributed by atoms with Crippen molar-refractivity contribution in [2.45, 2.75) is 25.8 Å². The zero-order valence-electron chi connectivity index (χ0n) is 10.4. The quantitative estimate of drug-likeness (QED) is 0.660. The van der Waals surface area contributed by atoms with Gasteiger partial charge in [-0.25, -0.2) is 0 Å². The first-order valence-corrected chi connectivity index (χ1v) is 5.99. The molecule has 1 amide bonds. The summed E-state index contributed by atoms with van der Waals surface area (Å²) in [6.45, 7) is 1.64. The Hall–Kier alpha value is -2.42. The van der Waals surface area contributed by atoms with Crippen LogP contribution in [0.15, 0.2) is 18.2 Å². The predicted molar refractivity (Wildman–Crippen MR) is 67.4 cm³/mol. The second-order valence-electron chi connectivity index (χ2n) is 4.64. The first-order chi connectivity index (χ1) is 9.04. The molecular weight excluding hydrogens is 246 g/mol. The zero-order chi connectivity index (χ0) is 14.0. The number of benzene rings is 1. The van der Waals surface area contributed by atoms with Crippen LogP contribution in [0.5, 0.6) is 0 Å². The van der Waals surface area contributed by atoms with Crippen LogP contribution < -0.4 is 5.32 Å².